The van der Waals surface area contributed by atoms with Gasteiger partial charge >= 0.3 is 0 Å². The molecule has 6 nitrogen and oxygen atoms in total. The lowest BCUT2D eigenvalue weighted by molar-refractivity contribution is -0.121. The Hall–Kier alpha value is -2.37. The molecule has 0 aromatic carbocycles. The largest absolute Gasteiger partial charge is 0.467 e. The van der Waals surface area contributed by atoms with Gasteiger partial charge in [-0.1, -0.05) is 0 Å². The highest BCUT2D eigenvalue weighted by Crippen LogP contribution is 2.07. The molecule has 0 fully saturated rings. The molecule has 1 unspecified atom stereocenters. The number of hydrogen-bond donors (Lipinski definition) is 2. The van der Waals surface area contributed by atoms with Crippen molar-refractivity contribution < 1.29 is 9.21 Å². The van der Waals surface area contributed by atoms with Gasteiger partial charge in [0, 0.05) is 11.8 Å². The van der Waals surface area contributed by atoms with Crippen LogP contribution < -0.4 is 10.6 Å². The van der Waals surface area contributed by atoms with Gasteiger partial charge in [0.15, 0.2) is 0 Å². The highest BCUT2D eigenvalue weighted by Gasteiger charge is 2.13. The first-order chi connectivity index (χ1) is 9.54. The van der Waals surface area contributed by atoms with Gasteiger partial charge in [-0.2, -0.15) is 0 Å². The van der Waals surface area contributed by atoms with Gasteiger partial charge < -0.3 is 15.1 Å². The highest BCUT2D eigenvalue weighted by atomic mass is 16.3. The Morgan fingerprint density at radius 3 is 2.85 bits per heavy atom. The van der Waals surface area contributed by atoms with Crippen molar-refractivity contribution >= 4 is 11.7 Å². The Balaban J connectivity index is 1.90. The molecule has 2 aromatic rings. The number of amides is 1. The van der Waals surface area contributed by atoms with Gasteiger partial charge in [-0.15, -0.1) is 0 Å². The van der Waals surface area contributed by atoms with Crippen molar-refractivity contribution in [2.24, 2.45) is 0 Å². The third-order valence-electron chi connectivity index (χ3n) is 2.74. The Kier molecular flexibility index (Phi) is 4.34. The fourth-order valence-electron chi connectivity index (χ4n) is 1.82. The van der Waals surface area contributed by atoms with Gasteiger partial charge in [-0.3, -0.25) is 4.79 Å². The molecular weight excluding hydrogens is 256 g/mol. The van der Waals surface area contributed by atoms with Crippen LogP contribution >= 0.6 is 0 Å². The van der Waals surface area contributed by atoms with Crippen LogP contribution in [-0.2, 0) is 11.3 Å². The molecule has 106 valence electrons. The van der Waals surface area contributed by atoms with E-state index in [1.165, 1.54) is 0 Å². The fourth-order valence-corrected chi connectivity index (χ4v) is 1.82. The summed E-state index contributed by atoms with van der Waals surface area (Å²) in [4.78, 5) is 20.4. The number of aryl methyl sites for hydroxylation is 2. The van der Waals surface area contributed by atoms with Gasteiger partial charge in [-0.05, 0) is 32.9 Å². The minimum Gasteiger partial charge on any atom is -0.467 e. The molecule has 0 aliphatic rings. The molecule has 0 saturated carbocycles. The maximum Gasteiger partial charge on any atom is 0.242 e. The van der Waals surface area contributed by atoms with Crippen LogP contribution in [0.3, 0.4) is 0 Å². The molecule has 0 spiro atoms. The summed E-state index contributed by atoms with van der Waals surface area (Å²) in [7, 11) is 0. The fraction of sp³-hybridized carbons (Fsp3) is 0.357. The van der Waals surface area contributed by atoms with Crippen molar-refractivity contribution in [3.63, 3.8) is 0 Å². The minimum absolute atomic E-state index is 0.115. The molecule has 1 atom stereocenters. The van der Waals surface area contributed by atoms with E-state index in [9.17, 15) is 4.79 Å². The van der Waals surface area contributed by atoms with Crippen molar-refractivity contribution in [3.05, 3.63) is 41.7 Å². The third kappa shape index (κ3) is 3.81. The van der Waals surface area contributed by atoms with Crippen molar-refractivity contribution in [1.29, 1.82) is 0 Å². The number of aromatic nitrogens is 2. The molecule has 2 N–H and O–H groups in total. The number of anilines is 1. The average Bonchev–Trinajstić information content (AvgIpc) is 2.87. The minimum atomic E-state index is -0.390. The van der Waals surface area contributed by atoms with E-state index >= 15 is 0 Å². The molecule has 1 amide bonds. The topological polar surface area (TPSA) is 80.0 Å². The number of furan rings is 1. The average molecular weight is 274 g/mol. The predicted molar refractivity (Wildman–Crippen MR) is 75.1 cm³/mol. The first kappa shape index (κ1) is 14.0. The lowest BCUT2D eigenvalue weighted by Gasteiger charge is -2.14. The first-order valence-electron chi connectivity index (χ1n) is 6.43. The van der Waals surface area contributed by atoms with Crippen LogP contribution in [0.5, 0.6) is 0 Å². The quantitative estimate of drug-likeness (QED) is 0.869. The lowest BCUT2D eigenvalue weighted by Crippen LogP contribution is -2.37. The van der Waals surface area contributed by atoms with E-state index in [4.69, 9.17) is 4.42 Å². The molecule has 0 saturated heterocycles. The van der Waals surface area contributed by atoms with E-state index < -0.39 is 6.04 Å². The number of nitrogens with zero attached hydrogens (tertiary/aromatic N) is 2. The number of carbonyl (C=O) groups is 1. The van der Waals surface area contributed by atoms with Crippen molar-refractivity contribution in [2.45, 2.75) is 33.4 Å². The Labute approximate surface area is 117 Å². The normalized spacial score (nSPS) is 11.9. The highest BCUT2D eigenvalue weighted by molar-refractivity contribution is 5.83. The smallest absolute Gasteiger partial charge is 0.242 e. The SMILES string of the molecule is Cc1cc(NC(C)C(=O)NCc2ccco2)nc(C)n1. The van der Waals surface area contributed by atoms with Gasteiger partial charge in [0.05, 0.1) is 12.8 Å². The predicted octanol–water partition coefficient (Wildman–Crippen LogP) is 1.80. The summed E-state index contributed by atoms with van der Waals surface area (Å²) < 4.78 is 5.16. The summed E-state index contributed by atoms with van der Waals surface area (Å²) in [6.07, 6.45) is 1.58. The number of hydrogen-bond acceptors (Lipinski definition) is 5. The maximum absolute atomic E-state index is 12.0. The molecule has 0 aliphatic carbocycles. The third-order valence-corrected chi connectivity index (χ3v) is 2.74. The van der Waals surface area contributed by atoms with E-state index in [-0.39, 0.29) is 5.91 Å². The van der Waals surface area contributed by atoms with Crippen LogP contribution in [0.1, 0.15) is 24.2 Å². The van der Waals surface area contributed by atoms with E-state index in [0.29, 0.717) is 18.2 Å². The summed E-state index contributed by atoms with van der Waals surface area (Å²) in [5, 5.41) is 5.86. The molecular formula is C14H18N4O2. The Morgan fingerprint density at radius 2 is 2.20 bits per heavy atom. The molecule has 2 rings (SSSR count). The van der Waals surface area contributed by atoms with Crippen molar-refractivity contribution in [3.8, 4) is 0 Å². The zero-order valence-corrected chi connectivity index (χ0v) is 11.8. The second-order valence-electron chi connectivity index (χ2n) is 4.60. The van der Waals surface area contributed by atoms with Gasteiger partial charge in [0.1, 0.15) is 23.4 Å². The van der Waals surface area contributed by atoms with Crippen LogP contribution in [0.25, 0.3) is 0 Å². The summed E-state index contributed by atoms with van der Waals surface area (Å²) in [5.41, 5.74) is 0.864. The standard InChI is InChI=1S/C14H18N4O2/c1-9-7-13(18-11(3)16-9)17-10(2)14(19)15-8-12-5-4-6-20-12/h4-7,10H,8H2,1-3H3,(H,15,19)(H,16,17,18). The van der Waals surface area contributed by atoms with Crippen LogP contribution in [0.2, 0.25) is 0 Å². The summed E-state index contributed by atoms with van der Waals surface area (Å²) in [6.45, 7) is 5.87. The zero-order valence-electron chi connectivity index (χ0n) is 11.8. The molecule has 0 radical (unpaired) electrons. The second kappa shape index (κ2) is 6.18. The molecule has 20 heavy (non-hydrogen) atoms. The monoisotopic (exact) mass is 274 g/mol. The first-order valence-corrected chi connectivity index (χ1v) is 6.43. The molecule has 2 aromatic heterocycles. The molecule has 0 bridgehead atoms. The van der Waals surface area contributed by atoms with E-state index in [1.54, 1.807) is 19.3 Å². The van der Waals surface area contributed by atoms with Gasteiger partial charge in [0.2, 0.25) is 5.91 Å². The van der Waals surface area contributed by atoms with Crippen LogP contribution in [0.15, 0.2) is 28.9 Å². The van der Waals surface area contributed by atoms with Gasteiger partial charge in [-0.25, -0.2) is 9.97 Å². The Morgan fingerprint density at radius 1 is 1.40 bits per heavy atom. The van der Waals surface area contributed by atoms with Crippen LogP contribution in [-0.4, -0.2) is 21.9 Å². The number of nitrogens with one attached hydrogen (secondary N) is 2. The second-order valence-corrected chi connectivity index (χ2v) is 4.60. The van der Waals surface area contributed by atoms with Gasteiger partial charge in [0.25, 0.3) is 0 Å². The molecule has 0 aliphatic heterocycles. The molecule has 2 heterocycles. The van der Waals surface area contributed by atoms with Crippen molar-refractivity contribution in [2.75, 3.05) is 5.32 Å². The number of rotatable bonds is 5. The summed E-state index contributed by atoms with van der Waals surface area (Å²) in [6, 6.07) is 5.02. The Bertz CT molecular complexity index is 561. The van der Waals surface area contributed by atoms with E-state index in [0.717, 1.165) is 11.5 Å². The number of carbonyl (C=O) groups excluding carboxylic acids is 1. The summed E-state index contributed by atoms with van der Waals surface area (Å²) in [5.74, 6) is 1.93. The maximum atomic E-state index is 12.0. The summed E-state index contributed by atoms with van der Waals surface area (Å²) >= 11 is 0. The van der Waals surface area contributed by atoms with E-state index in [1.807, 2.05) is 26.0 Å². The lowest BCUT2D eigenvalue weighted by atomic mass is 10.3. The van der Waals surface area contributed by atoms with Crippen molar-refractivity contribution in [1.82, 2.24) is 15.3 Å². The van der Waals surface area contributed by atoms with Crippen LogP contribution in [0.4, 0.5) is 5.82 Å². The van der Waals surface area contributed by atoms with E-state index in [2.05, 4.69) is 20.6 Å². The molecule has 6 heteroatoms. The van der Waals surface area contributed by atoms with Crippen LogP contribution in [0, 0.1) is 13.8 Å². The zero-order chi connectivity index (χ0) is 14.5.